The van der Waals surface area contributed by atoms with E-state index in [1.165, 1.54) is 5.01 Å². The highest BCUT2D eigenvalue weighted by Crippen LogP contribution is 2.31. The molecule has 0 radical (unpaired) electrons. The summed E-state index contributed by atoms with van der Waals surface area (Å²) < 4.78 is 57.5. The van der Waals surface area contributed by atoms with Crippen molar-refractivity contribution in [2.24, 2.45) is 9.50 Å². The molecular weight excluding hydrogens is 472 g/mol. The molecule has 11 heteroatoms. The second-order valence-corrected chi connectivity index (χ2v) is 9.97. The summed E-state index contributed by atoms with van der Waals surface area (Å²) in [6.07, 6.45) is -1.04. The minimum absolute atomic E-state index is 0.0252. The highest BCUT2D eigenvalue weighted by molar-refractivity contribution is 7.87. The quantitative estimate of drug-likeness (QED) is 0.518. The molecule has 2 aliphatic heterocycles. The molecule has 1 atom stereocenters. The molecular formula is C22H24ClF2N5O2S. The Balaban J connectivity index is 1.65. The van der Waals surface area contributed by atoms with E-state index in [2.05, 4.69) is 14.8 Å². The third kappa shape index (κ3) is 5.34. The number of alkyl halides is 2. The molecule has 2 heterocycles. The largest absolute Gasteiger partial charge is 0.357 e. The fourth-order valence-electron chi connectivity index (χ4n) is 3.89. The van der Waals surface area contributed by atoms with E-state index in [-0.39, 0.29) is 25.0 Å². The normalized spacial score (nSPS) is 21.7. The second kappa shape index (κ2) is 9.36. The summed E-state index contributed by atoms with van der Waals surface area (Å²) in [5.74, 6) is -2.96. The van der Waals surface area contributed by atoms with Gasteiger partial charge in [-0.05, 0) is 23.3 Å². The molecule has 0 saturated carbocycles. The van der Waals surface area contributed by atoms with E-state index in [0.29, 0.717) is 11.6 Å². The van der Waals surface area contributed by atoms with Crippen LogP contribution < -0.4 is 5.32 Å². The molecule has 0 aromatic heterocycles. The molecule has 2 aromatic rings. The predicted molar refractivity (Wildman–Crippen MR) is 125 cm³/mol. The Hall–Kier alpha value is -2.56. The molecule has 1 saturated heterocycles. The second-order valence-electron chi connectivity index (χ2n) is 7.94. The van der Waals surface area contributed by atoms with E-state index in [0.717, 1.165) is 21.1 Å². The average Bonchev–Trinajstić information content (AvgIpc) is 3.23. The summed E-state index contributed by atoms with van der Waals surface area (Å²) >= 11 is 6.04. The lowest BCUT2D eigenvalue weighted by molar-refractivity contribution is -0.0411. The van der Waals surface area contributed by atoms with Gasteiger partial charge in [0.1, 0.15) is 0 Å². The van der Waals surface area contributed by atoms with Gasteiger partial charge in [0.15, 0.2) is 0 Å². The van der Waals surface area contributed by atoms with Crippen LogP contribution in [-0.4, -0.2) is 62.0 Å². The summed E-state index contributed by atoms with van der Waals surface area (Å²) in [4.78, 5) is 0. The lowest BCUT2D eigenvalue weighted by atomic mass is 9.91. The Morgan fingerprint density at radius 3 is 2.36 bits per heavy atom. The van der Waals surface area contributed by atoms with Crippen molar-refractivity contribution in [3.05, 3.63) is 70.7 Å². The molecule has 0 bridgehead atoms. The number of guanidine groups is 1. The van der Waals surface area contributed by atoms with Crippen LogP contribution in [0.3, 0.4) is 0 Å². The maximum atomic E-state index is 13.5. The minimum atomic E-state index is -4.16. The van der Waals surface area contributed by atoms with Crippen LogP contribution in [0.1, 0.15) is 29.9 Å². The zero-order chi connectivity index (χ0) is 23.6. The molecule has 0 unspecified atom stereocenters. The molecule has 1 N–H and O–H groups in total. The van der Waals surface area contributed by atoms with Gasteiger partial charge in [0.05, 0.1) is 12.3 Å². The number of halogens is 3. The average molecular weight is 496 g/mol. The van der Waals surface area contributed by atoms with Crippen LogP contribution >= 0.6 is 11.6 Å². The van der Waals surface area contributed by atoms with Crippen LogP contribution in [0.25, 0.3) is 0 Å². The zero-order valence-corrected chi connectivity index (χ0v) is 19.5. The van der Waals surface area contributed by atoms with E-state index >= 15 is 0 Å². The highest BCUT2D eigenvalue weighted by atomic mass is 35.5. The van der Waals surface area contributed by atoms with Crippen molar-refractivity contribution in [1.29, 1.82) is 0 Å². The number of benzene rings is 2. The van der Waals surface area contributed by atoms with Crippen LogP contribution in [0.4, 0.5) is 8.78 Å². The van der Waals surface area contributed by atoms with E-state index in [1.54, 1.807) is 19.2 Å². The number of hydrogen-bond acceptors (Lipinski definition) is 3. The predicted octanol–water partition coefficient (Wildman–Crippen LogP) is 3.69. The molecule has 2 aromatic carbocycles. The molecule has 2 aliphatic rings. The monoisotopic (exact) mass is 495 g/mol. The maximum Gasteiger partial charge on any atom is 0.325 e. The molecule has 0 amide bonds. The maximum absolute atomic E-state index is 13.5. The number of hydrogen-bond donors (Lipinski definition) is 1. The highest BCUT2D eigenvalue weighted by Gasteiger charge is 2.39. The fraction of sp³-hybridized carbons (Fsp3) is 0.364. The standard InChI is InChI=1S/C22H24ClF2N5O2S/c1-26-21(28-33(31,32)29-13-11-22(24,25)12-14-29)30-15-19(16-5-3-2-4-6-16)20(27-30)17-7-9-18(23)10-8-17/h2-10,19H,11-15H2,1H3,(H,26,28)/t19-/m1/s1. The Labute approximate surface area is 196 Å². The van der Waals surface area contributed by atoms with Gasteiger partial charge in [-0.3, -0.25) is 0 Å². The number of rotatable bonds is 4. The molecule has 4 rings (SSSR count). The lowest BCUT2D eigenvalue weighted by Gasteiger charge is -2.29. The third-order valence-corrected chi connectivity index (χ3v) is 7.38. The first-order valence-corrected chi connectivity index (χ1v) is 12.3. The van der Waals surface area contributed by atoms with Crippen molar-refractivity contribution >= 4 is 33.5 Å². The smallest absolute Gasteiger partial charge is 0.325 e. The molecule has 7 nitrogen and oxygen atoms in total. The van der Waals surface area contributed by atoms with Gasteiger partial charge in [0, 0.05) is 43.9 Å². The third-order valence-electron chi connectivity index (χ3n) is 5.71. The first-order chi connectivity index (χ1) is 15.7. The first-order valence-electron chi connectivity index (χ1n) is 10.5. The zero-order valence-electron chi connectivity index (χ0n) is 18.0. The van der Waals surface area contributed by atoms with E-state index in [1.807, 2.05) is 42.5 Å². The SMILES string of the molecule is CN/C(=N/S(=O)(=O)N1CCC(F)(F)CC1)N1C[C@H](c2ccccc2)C(c2ccc(Cl)cc2)=N1. The molecule has 33 heavy (non-hydrogen) atoms. The Morgan fingerprint density at radius 2 is 1.76 bits per heavy atom. The Kier molecular flexibility index (Phi) is 6.69. The summed E-state index contributed by atoms with van der Waals surface area (Å²) in [5.41, 5.74) is 2.62. The van der Waals surface area contributed by atoms with Crippen LogP contribution in [-0.2, 0) is 10.2 Å². The Morgan fingerprint density at radius 1 is 1.12 bits per heavy atom. The van der Waals surface area contributed by atoms with Gasteiger partial charge < -0.3 is 5.32 Å². The van der Waals surface area contributed by atoms with Gasteiger partial charge >= 0.3 is 10.2 Å². The van der Waals surface area contributed by atoms with Gasteiger partial charge in [0.25, 0.3) is 5.92 Å². The summed E-state index contributed by atoms with van der Waals surface area (Å²) in [6.45, 7) is -0.196. The number of nitrogens with one attached hydrogen (secondary N) is 1. The van der Waals surface area contributed by atoms with E-state index < -0.39 is 29.0 Å². The lowest BCUT2D eigenvalue weighted by Crippen LogP contribution is -2.44. The van der Waals surface area contributed by atoms with Crippen molar-refractivity contribution in [2.45, 2.75) is 24.7 Å². The summed E-state index contributed by atoms with van der Waals surface area (Å²) in [5, 5.41) is 9.58. The molecule has 176 valence electrons. The number of nitrogens with zero attached hydrogens (tertiary/aromatic N) is 4. The van der Waals surface area contributed by atoms with E-state index in [4.69, 9.17) is 11.6 Å². The summed E-state index contributed by atoms with van der Waals surface area (Å²) in [6, 6.07) is 17.0. The van der Waals surface area contributed by atoms with Gasteiger partial charge in [-0.1, -0.05) is 54.1 Å². The first kappa shape index (κ1) is 23.6. The number of hydrazone groups is 1. The van der Waals surface area contributed by atoms with Gasteiger partial charge in [-0.25, -0.2) is 13.8 Å². The van der Waals surface area contributed by atoms with Crippen LogP contribution in [0, 0.1) is 0 Å². The molecule has 1 fully saturated rings. The van der Waals surface area contributed by atoms with Gasteiger partial charge in [-0.2, -0.15) is 17.8 Å². The van der Waals surface area contributed by atoms with Gasteiger partial charge in [0.2, 0.25) is 5.96 Å². The van der Waals surface area contributed by atoms with Crippen molar-refractivity contribution in [1.82, 2.24) is 14.6 Å². The number of piperidine rings is 1. The fourth-order valence-corrected chi connectivity index (χ4v) is 5.18. The van der Waals surface area contributed by atoms with Crippen LogP contribution in [0.5, 0.6) is 0 Å². The van der Waals surface area contributed by atoms with Crippen molar-refractivity contribution < 1.29 is 17.2 Å². The van der Waals surface area contributed by atoms with Crippen molar-refractivity contribution in [3.63, 3.8) is 0 Å². The topological polar surface area (TPSA) is 77.4 Å². The van der Waals surface area contributed by atoms with Gasteiger partial charge in [-0.15, -0.1) is 4.40 Å². The minimum Gasteiger partial charge on any atom is -0.357 e. The van der Waals surface area contributed by atoms with E-state index in [9.17, 15) is 17.2 Å². The van der Waals surface area contributed by atoms with Crippen LogP contribution in [0.15, 0.2) is 64.1 Å². The molecule has 0 aliphatic carbocycles. The summed E-state index contributed by atoms with van der Waals surface area (Å²) in [7, 11) is -2.61. The van der Waals surface area contributed by atoms with Crippen molar-refractivity contribution in [3.8, 4) is 0 Å². The van der Waals surface area contributed by atoms with Crippen LogP contribution in [0.2, 0.25) is 5.02 Å². The van der Waals surface area contributed by atoms with Crippen molar-refractivity contribution in [2.75, 3.05) is 26.7 Å². The molecule has 0 spiro atoms. The Bertz CT molecular complexity index is 1150.